The van der Waals surface area contributed by atoms with Crippen LogP contribution in [0.15, 0.2) is 83.3 Å². The first kappa shape index (κ1) is 24.1. The van der Waals surface area contributed by atoms with E-state index < -0.39 is 17.2 Å². The molecule has 4 rings (SSSR count). The van der Waals surface area contributed by atoms with E-state index in [1.807, 2.05) is 75.4 Å². The Hall–Kier alpha value is -2.99. The van der Waals surface area contributed by atoms with Crippen LogP contribution >= 0.6 is 11.8 Å². The first-order valence-corrected chi connectivity index (χ1v) is 12.7. The van der Waals surface area contributed by atoms with Gasteiger partial charge in [0.15, 0.2) is 0 Å². The molecule has 2 unspecified atom stereocenters. The molecule has 0 aliphatic heterocycles. The molecule has 2 aliphatic rings. The predicted octanol–water partition coefficient (Wildman–Crippen LogP) is 6.44. The zero-order chi connectivity index (χ0) is 24.2. The number of benzene rings is 2. The lowest BCUT2D eigenvalue weighted by molar-refractivity contribution is -0.119. The second kappa shape index (κ2) is 10.1. The Kier molecular flexibility index (Phi) is 7.17. The summed E-state index contributed by atoms with van der Waals surface area (Å²) in [7, 11) is 0. The minimum Gasteiger partial charge on any atom is -0.444 e. The van der Waals surface area contributed by atoms with Gasteiger partial charge in [-0.2, -0.15) is 0 Å². The van der Waals surface area contributed by atoms with Crippen molar-refractivity contribution < 1.29 is 14.3 Å². The number of ether oxygens (including phenoxy) is 1. The molecule has 0 spiro atoms. The molecule has 34 heavy (non-hydrogen) atoms. The molecule has 2 amide bonds. The van der Waals surface area contributed by atoms with E-state index in [2.05, 4.69) is 28.9 Å². The number of hydrogen-bond acceptors (Lipinski definition) is 4. The van der Waals surface area contributed by atoms with Gasteiger partial charge in [0.05, 0.1) is 0 Å². The number of amides is 2. The van der Waals surface area contributed by atoms with Gasteiger partial charge in [0, 0.05) is 22.3 Å². The van der Waals surface area contributed by atoms with Crippen molar-refractivity contribution in [3.05, 3.63) is 84.0 Å². The molecule has 5 nitrogen and oxygen atoms in total. The third kappa shape index (κ3) is 6.11. The van der Waals surface area contributed by atoms with Crippen LogP contribution in [0.3, 0.4) is 0 Å². The molecule has 0 bridgehead atoms. The van der Waals surface area contributed by atoms with Crippen LogP contribution in [-0.4, -0.2) is 28.9 Å². The highest BCUT2D eigenvalue weighted by Crippen LogP contribution is 2.52. The number of thioether (sulfide) groups is 1. The fourth-order valence-electron chi connectivity index (χ4n) is 4.10. The summed E-state index contributed by atoms with van der Waals surface area (Å²) in [4.78, 5) is 27.1. The van der Waals surface area contributed by atoms with Gasteiger partial charge in [-0.1, -0.05) is 48.6 Å². The van der Waals surface area contributed by atoms with Gasteiger partial charge in [-0.15, -0.1) is 11.8 Å². The third-order valence-electron chi connectivity index (χ3n) is 5.88. The quantitative estimate of drug-likeness (QED) is 0.451. The van der Waals surface area contributed by atoms with E-state index in [4.69, 9.17) is 4.74 Å². The van der Waals surface area contributed by atoms with E-state index in [9.17, 15) is 9.59 Å². The van der Waals surface area contributed by atoms with Crippen LogP contribution in [0.4, 0.5) is 10.5 Å². The zero-order valence-corrected chi connectivity index (χ0v) is 20.8. The van der Waals surface area contributed by atoms with Gasteiger partial charge < -0.3 is 15.4 Å². The van der Waals surface area contributed by atoms with E-state index in [-0.39, 0.29) is 11.8 Å². The van der Waals surface area contributed by atoms with Crippen molar-refractivity contribution in [3.8, 4) is 0 Å². The monoisotopic (exact) mass is 476 g/mol. The van der Waals surface area contributed by atoms with Crippen molar-refractivity contribution in [2.24, 2.45) is 0 Å². The molecular formula is C28H32N2O3S. The average Bonchev–Trinajstić information content (AvgIpc) is 3.54. The summed E-state index contributed by atoms with van der Waals surface area (Å²) < 4.78 is 5.45. The van der Waals surface area contributed by atoms with Crippen molar-refractivity contribution in [1.82, 2.24) is 5.32 Å². The molecule has 6 heteroatoms. The highest BCUT2D eigenvalue weighted by molar-refractivity contribution is 7.99. The molecule has 178 valence electrons. The number of carbonyl (C=O) groups is 2. The molecule has 0 heterocycles. The summed E-state index contributed by atoms with van der Waals surface area (Å²) in [6, 6.07) is 17.7. The molecule has 2 N–H and O–H groups in total. The standard InChI is InChI=1S/C28H32N2O3S/c1-27(2,3)33-26(32)30-28(18-24(28)21-12-8-5-9-13-21)25(31)29-22-14-16-23(17-15-22)34-19-20-10-6-4-7-11-20/h5-6,8-17,24H,4,7,18-19H2,1-3H3,(H,29,31)(H,30,32). The summed E-state index contributed by atoms with van der Waals surface area (Å²) in [6.07, 6.45) is 8.88. The number of rotatable bonds is 7. The molecule has 0 aromatic heterocycles. The average molecular weight is 477 g/mol. The molecule has 1 fully saturated rings. The lowest BCUT2D eigenvalue weighted by Gasteiger charge is -2.24. The van der Waals surface area contributed by atoms with Crippen LogP contribution in [0, 0.1) is 0 Å². The van der Waals surface area contributed by atoms with Gasteiger partial charge >= 0.3 is 6.09 Å². The first-order valence-electron chi connectivity index (χ1n) is 11.7. The van der Waals surface area contributed by atoms with Gasteiger partial charge in [0.2, 0.25) is 0 Å². The van der Waals surface area contributed by atoms with Crippen molar-refractivity contribution in [3.63, 3.8) is 0 Å². The SMILES string of the molecule is CC(C)(C)OC(=O)NC1(C(=O)Nc2ccc(SCC3=CCCC=C3)cc2)CC1c1ccccc1. The largest absolute Gasteiger partial charge is 0.444 e. The van der Waals surface area contributed by atoms with Crippen molar-refractivity contribution in [1.29, 1.82) is 0 Å². The number of nitrogens with one attached hydrogen (secondary N) is 2. The second-order valence-electron chi connectivity index (χ2n) is 9.79. The minimum atomic E-state index is -1.03. The summed E-state index contributed by atoms with van der Waals surface area (Å²) in [6.45, 7) is 5.42. The Morgan fingerprint density at radius 2 is 1.79 bits per heavy atom. The fraction of sp³-hybridized carbons (Fsp3) is 0.357. The van der Waals surface area contributed by atoms with Gasteiger partial charge in [-0.3, -0.25) is 4.79 Å². The maximum atomic E-state index is 13.4. The fourth-order valence-corrected chi connectivity index (χ4v) is 4.98. The Labute approximate surface area is 206 Å². The molecule has 2 aromatic rings. The van der Waals surface area contributed by atoms with E-state index in [1.54, 1.807) is 11.8 Å². The summed E-state index contributed by atoms with van der Waals surface area (Å²) in [5.74, 6) is 0.599. The summed E-state index contributed by atoms with van der Waals surface area (Å²) in [5, 5.41) is 5.87. The first-order chi connectivity index (χ1) is 16.2. The number of allylic oxidation sites excluding steroid dienone is 3. The number of hydrogen-bond donors (Lipinski definition) is 2. The summed E-state index contributed by atoms with van der Waals surface area (Å²) in [5.41, 5.74) is 1.40. The molecule has 2 aromatic carbocycles. The van der Waals surface area contributed by atoms with Gasteiger partial charge in [-0.25, -0.2) is 4.79 Å². The molecule has 0 radical (unpaired) electrons. The van der Waals surface area contributed by atoms with E-state index in [0.717, 1.165) is 29.1 Å². The van der Waals surface area contributed by atoms with E-state index >= 15 is 0 Å². The Balaban J connectivity index is 1.43. The van der Waals surface area contributed by atoms with Crippen LogP contribution in [0.1, 0.15) is 51.5 Å². The van der Waals surface area contributed by atoms with Gasteiger partial charge in [-0.05, 0) is 75.4 Å². The maximum absolute atomic E-state index is 13.4. The smallest absolute Gasteiger partial charge is 0.408 e. The van der Waals surface area contributed by atoms with Crippen molar-refractivity contribution in [2.45, 2.75) is 62.0 Å². The maximum Gasteiger partial charge on any atom is 0.408 e. The number of alkyl carbamates (subject to hydrolysis) is 1. The molecular weight excluding hydrogens is 444 g/mol. The number of carbonyl (C=O) groups excluding carboxylic acids is 2. The van der Waals surface area contributed by atoms with Crippen LogP contribution in [-0.2, 0) is 9.53 Å². The third-order valence-corrected chi connectivity index (χ3v) is 6.96. The van der Waals surface area contributed by atoms with Crippen LogP contribution in [0.2, 0.25) is 0 Å². The topological polar surface area (TPSA) is 67.4 Å². The minimum absolute atomic E-state index is 0.104. The van der Waals surface area contributed by atoms with Crippen LogP contribution in [0.25, 0.3) is 0 Å². The summed E-state index contributed by atoms with van der Waals surface area (Å²) >= 11 is 1.78. The highest BCUT2D eigenvalue weighted by Gasteiger charge is 2.62. The van der Waals surface area contributed by atoms with Crippen LogP contribution in [0.5, 0.6) is 0 Å². The normalized spacial score (nSPS) is 21.4. The lowest BCUT2D eigenvalue weighted by atomic mass is 10.1. The van der Waals surface area contributed by atoms with E-state index in [0.29, 0.717) is 12.1 Å². The van der Waals surface area contributed by atoms with Crippen molar-refractivity contribution in [2.75, 3.05) is 11.1 Å². The van der Waals surface area contributed by atoms with Gasteiger partial charge in [0.25, 0.3) is 5.91 Å². The highest BCUT2D eigenvalue weighted by atomic mass is 32.2. The molecule has 0 saturated heterocycles. The van der Waals surface area contributed by atoms with Crippen LogP contribution < -0.4 is 10.6 Å². The molecule has 2 aliphatic carbocycles. The molecule has 1 saturated carbocycles. The zero-order valence-electron chi connectivity index (χ0n) is 20.0. The number of anilines is 1. The van der Waals surface area contributed by atoms with E-state index in [1.165, 1.54) is 5.57 Å². The van der Waals surface area contributed by atoms with Crippen molar-refractivity contribution >= 4 is 29.4 Å². The Morgan fingerprint density at radius 1 is 1.06 bits per heavy atom. The lowest BCUT2D eigenvalue weighted by Crippen LogP contribution is -2.49. The van der Waals surface area contributed by atoms with Gasteiger partial charge in [0.1, 0.15) is 11.1 Å². The predicted molar refractivity (Wildman–Crippen MR) is 138 cm³/mol. The second-order valence-corrected chi connectivity index (χ2v) is 10.8. The molecule has 2 atom stereocenters. The Morgan fingerprint density at radius 3 is 2.44 bits per heavy atom. The Bertz CT molecular complexity index is 1090.